The van der Waals surface area contributed by atoms with Gasteiger partial charge in [-0.05, 0) is 69.3 Å². The largest absolute Gasteiger partial charge is 0.493 e. The molecule has 2 aromatic carbocycles. The minimum Gasteiger partial charge on any atom is -0.493 e. The highest BCUT2D eigenvalue weighted by molar-refractivity contribution is 5.42. The first-order valence-electron chi connectivity index (χ1n) is 11.1. The molecule has 0 radical (unpaired) electrons. The van der Waals surface area contributed by atoms with Crippen LogP contribution in [0.15, 0.2) is 42.5 Å². The van der Waals surface area contributed by atoms with E-state index in [9.17, 15) is 0 Å². The van der Waals surface area contributed by atoms with Gasteiger partial charge in [0.15, 0.2) is 11.5 Å². The average Bonchev–Trinajstić information content (AvgIpc) is 2.77. The second-order valence-electron chi connectivity index (χ2n) is 8.84. The van der Waals surface area contributed by atoms with Crippen molar-refractivity contribution in [2.45, 2.75) is 64.0 Å². The van der Waals surface area contributed by atoms with Crippen LogP contribution >= 0.6 is 0 Å². The van der Waals surface area contributed by atoms with Crippen molar-refractivity contribution in [1.29, 1.82) is 0 Å². The molecule has 1 N–H and O–H groups in total. The standard InChI is InChI=1S/C26H37NO3/c1-6-25(3)19-26(14-16-30-25,22-10-7-20(2)8-11-22)13-15-27-18-21-9-12-23(28-4)24(17-21)29-5/h7-12,17,27H,6,13-16,18-19H2,1-5H3. The van der Waals surface area contributed by atoms with Crippen LogP contribution in [0, 0.1) is 6.92 Å². The fourth-order valence-electron chi connectivity index (χ4n) is 4.64. The molecular weight excluding hydrogens is 374 g/mol. The normalized spacial score (nSPS) is 23.9. The average molecular weight is 412 g/mol. The van der Waals surface area contributed by atoms with Crippen molar-refractivity contribution in [2.75, 3.05) is 27.4 Å². The Bertz CT molecular complexity index is 820. The van der Waals surface area contributed by atoms with Crippen molar-refractivity contribution >= 4 is 0 Å². The highest BCUT2D eigenvalue weighted by Crippen LogP contribution is 2.45. The summed E-state index contributed by atoms with van der Waals surface area (Å²) in [5.41, 5.74) is 4.06. The maximum atomic E-state index is 6.19. The lowest BCUT2D eigenvalue weighted by Gasteiger charge is -2.47. The first-order chi connectivity index (χ1) is 14.4. The zero-order valence-electron chi connectivity index (χ0n) is 19.2. The SMILES string of the molecule is CCC1(C)CC(CCNCc2ccc(OC)c(OC)c2)(c2ccc(C)cc2)CCO1. The van der Waals surface area contributed by atoms with Crippen LogP contribution < -0.4 is 14.8 Å². The minimum atomic E-state index is -0.0491. The van der Waals surface area contributed by atoms with Gasteiger partial charge < -0.3 is 19.5 Å². The number of hydrogen-bond acceptors (Lipinski definition) is 4. The topological polar surface area (TPSA) is 39.7 Å². The Morgan fingerprint density at radius 2 is 1.77 bits per heavy atom. The van der Waals surface area contributed by atoms with Crippen LogP contribution in [0.3, 0.4) is 0 Å². The number of rotatable bonds is 9. The lowest BCUT2D eigenvalue weighted by Crippen LogP contribution is -2.46. The third-order valence-electron chi connectivity index (χ3n) is 6.71. The van der Waals surface area contributed by atoms with Crippen LogP contribution in [0.25, 0.3) is 0 Å². The number of ether oxygens (including phenoxy) is 3. The van der Waals surface area contributed by atoms with Gasteiger partial charge in [-0.25, -0.2) is 0 Å². The lowest BCUT2D eigenvalue weighted by atomic mass is 9.66. The third-order valence-corrected chi connectivity index (χ3v) is 6.71. The smallest absolute Gasteiger partial charge is 0.161 e. The van der Waals surface area contributed by atoms with Crippen LogP contribution in [-0.4, -0.2) is 33.0 Å². The van der Waals surface area contributed by atoms with Gasteiger partial charge >= 0.3 is 0 Å². The maximum Gasteiger partial charge on any atom is 0.161 e. The Hall–Kier alpha value is -2.04. The Morgan fingerprint density at radius 3 is 2.43 bits per heavy atom. The highest BCUT2D eigenvalue weighted by Gasteiger charge is 2.43. The summed E-state index contributed by atoms with van der Waals surface area (Å²) in [6, 6.07) is 15.2. The van der Waals surface area contributed by atoms with Crippen molar-refractivity contribution in [3.8, 4) is 11.5 Å². The van der Waals surface area contributed by atoms with Crippen molar-refractivity contribution in [3.05, 3.63) is 59.2 Å². The van der Waals surface area contributed by atoms with Crippen LogP contribution in [-0.2, 0) is 16.7 Å². The van der Waals surface area contributed by atoms with E-state index in [-0.39, 0.29) is 11.0 Å². The molecule has 1 aliphatic rings. The second kappa shape index (κ2) is 9.84. The van der Waals surface area contributed by atoms with Gasteiger partial charge in [0, 0.05) is 18.6 Å². The summed E-state index contributed by atoms with van der Waals surface area (Å²) >= 11 is 0. The number of aryl methyl sites for hydroxylation is 1. The molecule has 2 aromatic rings. The Kier molecular flexibility index (Phi) is 7.43. The molecule has 0 aromatic heterocycles. The molecule has 2 unspecified atom stereocenters. The van der Waals surface area contributed by atoms with Crippen molar-refractivity contribution in [2.24, 2.45) is 0 Å². The van der Waals surface area contributed by atoms with Gasteiger partial charge in [-0.3, -0.25) is 0 Å². The summed E-state index contributed by atoms with van der Waals surface area (Å²) in [7, 11) is 3.34. The van der Waals surface area contributed by atoms with Gasteiger partial charge in [-0.2, -0.15) is 0 Å². The van der Waals surface area contributed by atoms with E-state index in [1.54, 1.807) is 14.2 Å². The zero-order valence-corrected chi connectivity index (χ0v) is 19.2. The Labute approximate surface area is 181 Å². The zero-order chi connectivity index (χ0) is 21.6. The fraction of sp³-hybridized carbons (Fsp3) is 0.538. The van der Waals surface area contributed by atoms with E-state index in [2.05, 4.69) is 56.4 Å². The molecule has 30 heavy (non-hydrogen) atoms. The van der Waals surface area contributed by atoms with Crippen molar-refractivity contribution < 1.29 is 14.2 Å². The quantitative estimate of drug-likeness (QED) is 0.560. The molecule has 0 saturated carbocycles. The Morgan fingerprint density at radius 1 is 1.03 bits per heavy atom. The minimum absolute atomic E-state index is 0.0491. The van der Waals surface area contributed by atoms with Crippen molar-refractivity contribution in [3.63, 3.8) is 0 Å². The van der Waals surface area contributed by atoms with Gasteiger partial charge in [0.1, 0.15) is 0 Å². The highest BCUT2D eigenvalue weighted by atomic mass is 16.5. The number of benzene rings is 2. The molecule has 2 atom stereocenters. The molecule has 3 rings (SSSR count). The van der Waals surface area contributed by atoms with Crippen LogP contribution in [0.4, 0.5) is 0 Å². The maximum absolute atomic E-state index is 6.19. The predicted molar refractivity (Wildman–Crippen MR) is 123 cm³/mol. The molecule has 0 aliphatic carbocycles. The molecule has 164 valence electrons. The second-order valence-corrected chi connectivity index (χ2v) is 8.84. The molecule has 0 bridgehead atoms. The van der Waals surface area contributed by atoms with Gasteiger partial charge in [0.05, 0.1) is 19.8 Å². The van der Waals surface area contributed by atoms with Crippen LogP contribution in [0.5, 0.6) is 11.5 Å². The monoisotopic (exact) mass is 411 g/mol. The van der Waals surface area contributed by atoms with Crippen LogP contribution in [0.1, 0.15) is 56.2 Å². The molecule has 4 heteroatoms. The molecule has 1 fully saturated rings. The molecule has 4 nitrogen and oxygen atoms in total. The van der Waals surface area contributed by atoms with E-state index in [1.165, 1.54) is 16.7 Å². The molecule has 0 spiro atoms. The molecule has 1 aliphatic heterocycles. The van der Waals surface area contributed by atoms with Crippen molar-refractivity contribution in [1.82, 2.24) is 5.32 Å². The van der Waals surface area contributed by atoms with Gasteiger partial charge in [-0.1, -0.05) is 42.8 Å². The lowest BCUT2D eigenvalue weighted by molar-refractivity contribution is -0.0979. The number of hydrogen-bond donors (Lipinski definition) is 1. The summed E-state index contributed by atoms with van der Waals surface area (Å²) in [4.78, 5) is 0. The summed E-state index contributed by atoms with van der Waals surface area (Å²) in [6.07, 6.45) is 4.28. The fourth-order valence-corrected chi connectivity index (χ4v) is 4.64. The first-order valence-corrected chi connectivity index (χ1v) is 11.1. The van der Waals surface area contributed by atoms with Gasteiger partial charge in [0.2, 0.25) is 0 Å². The summed E-state index contributed by atoms with van der Waals surface area (Å²) < 4.78 is 17.0. The molecule has 1 saturated heterocycles. The number of nitrogens with one attached hydrogen (secondary N) is 1. The van der Waals surface area contributed by atoms with E-state index < -0.39 is 0 Å². The molecule has 0 amide bonds. The van der Waals surface area contributed by atoms with E-state index in [0.29, 0.717) is 0 Å². The predicted octanol–water partition coefficient (Wildman–Crippen LogP) is 5.41. The first kappa shape index (κ1) is 22.6. The summed E-state index contributed by atoms with van der Waals surface area (Å²) in [5, 5.41) is 3.65. The van der Waals surface area contributed by atoms with E-state index in [0.717, 1.165) is 56.9 Å². The summed E-state index contributed by atoms with van der Waals surface area (Å²) in [6.45, 7) is 9.26. The molecule has 1 heterocycles. The molecular formula is C26H37NO3. The van der Waals surface area contributed by atoms with Gasteiger partial charge in [0.25, 0.3) is 0 Å². The van der Waals surface area contributed by atoms with E-state index in [1.807, 2.05) is 12.1 Å². The third kappa shape index (κ3) is 5.16. The van der Waals surface area contributed by atoms with Crippen LogP contribution in [0.2, 0.25) is 0 Å². The summed E-state index contributed by atoms with van der Waals surface area (Å²) in [5.74, 6) is 1.54. The van der Waals surface area contributed by atoms with E-state index in [4.69, 9.17) is 14.2 Å². The number of methoxy groups -OCH3 is 2. The Balaban J connectivity index is 1.69. The van der Waals surface area contributed by atoms with E-state index >= 15 is 0 Å². The van der Waals surface area contributed by atoms with Gasteiger partial charge in [-0.15, -0.1) is 0 Å².